The summed E-state index contributed by atoms with van der Waals surface area (Å²) < 4.78 is 0. The van der Waals surface area contributed by atoms with Gasteiger partial charge >= 0.3 is 6.03 Å². The van der Waals surface area contributed by atoms with E-state index >= 15 is 0 Å². The maximum Gasteiger partial charge on any atom is 0.331 e. The summed E-state index contributed by atoms with van der Waals surface area (Å²) >= 11 is 0. The number of anilines is 1. The molecule has 0 radical (unpaired) electrons. The third-order valence-corrected chi connectivity index (χ3v) is 6.40. The molecule has 2 heterocycles. The summed E-state index contributed by atoms with van der Waals surface area (Å²) in [7, 11) is 1.78. The van der Waals surface area contributed by atoms with E-state index in [9.17, 15) is 24.5 Å². The topological polar surface area (TPSA) is 113 Å². The lowest BCUT2D eigenvalue weighted by Gasteiger charge is -2.51. The van der Waals surface area contributed by atoms with E-state index in [1.807, 2.05) is 30.0 Å². The Morgan fingerprint density at radius 3 is 2.53 bits per heavy atom. The number of barbiturate groups is 1. The number of nitrogens with zero attached hydrogens (tertiary/aromatic N) is 3. The zero-order chi connectivity index (χ0) is 23.0. The number of urea groups is 1. The maximum atomic E-state index is 13.9. The summed E-state index contributed by atoms with van der Waals surface area (Å²) in [4.78, 5) is 53.6. The van der Waals surface area contributed by atoms with Gasteiger partial charge in [0, 0.05) is 31.3 Å². The Morgan fingerprint density at radius 1 is 1.16 bits per heavy atom. The molecule has 4 rings (SSSR count). The van der Waals surface area contributed by atoms with Crippen LogP contribution in [0.15, 0.2) is 48.5 Å². The molecule has 9 nitrogen and oxygen atoms in total. The van der Waals surface area contributed by atoms with E-state index in [4.69, 9.17) is 0 Å². The lowest BCUT2D eigenvalue weighted by atomic mass is 9.67. The molecule has 2 aromatic carbocycles. The van der Waals surface area contributed by atoms with Crippen molar-refractivity contribution in [3.8, 4) is 0 Å². The summed E-state index contributed by atoms with van der Waals surface area (Å²) in [6.45, 7) is 2.00. The van der Waals surface area contributed by atoms with Crippen molar-refractivity contribution in [2.75, 3.05) is 11.9 Å². The Kier molecular flexibility index (Phi) is 5.41. The van der Waals surface area contributed by atoms with E-state index in [0.717, 1.165) is 16.2 Å². The molecule has 2 aromatic rings. The van der Waals surface area contributed by atoms with Crippen LogP contribution < -0.4 is 10.2 Å². The van der Waals surface area contributed by atoms with Crippen LogP contribution in [0.3, 0.4) is 0 Å². The van der Waals surface area contributed by atoms with Gasteiger partial charge in [-0.05, 0) is 23.6 Å². The van der Waals surface area contributed by atoms with Gasteiger partial charge in [-0.1, -0.05) is 43.7 Å². The van der Waals surface area contributed by atoms with Crippen molar-refractivity contribution in [1.82, 2.24) is 10.2 Å². The molecule has 1 saturated heterocycles. The van der Waals surface area contributed by atoms with Crippen molar-refractivity contribution in [3.63, 3.8) is 0 Å². The fraction of sp³-hybridized carbons (Fsp3) is 0.348. The summed E-state index contributed by atoms with van der Waals surface area (Å²) in [5.74, 6) is -1.23. The van der Waals surface area contributed by atoms with Gasteiger partial charge in [0.1, 0.15) is 0 Å². The van der Waals surface area contributed by atoms with E-state index in [-0.39, 0.29) is 18.7 Å². The molecule has 1 N–H and O–H groups in total. The molecule has 0 unspecified atom stereocenters. The number of carbonyl (C=O) groups is 3. The molecule has 1 spiro atoms. The van der Waals surface area contributed by atoms with Crippen LogP contribution in [0.1, 0.15) is 30.9 Å². The second kappa shape index (κ2) is 8.07. The van der Waals surface area contributed by atoms with Crippen LogP contribution in [0.25, 0.3) is 0 Å². The molecule has 0 saturated carbocycles. The Balaban J connectivity index is 1.82. The first-order chi connectivity index (χ1) is 15.3. The van der Waals surface area contributed by atoms with Crippen LogP contribution in [0.4, 0.5) is 16.2 Å². The Bertz CT molecular complexity index is 1100. The quantitative estimate of drug-likeness (QED) is 0.438. The Morgan fingerprint density at radius 2 is 1.88 bits per heavy atom. The van der Waals surface area contributed by atoms with Gasteiger partial charge in [0.15, 0.2) is 5.41 Å². The molecular weight excluding hydrogens is 412 g/mol. The largest absolute Gasteiger partial charge is 0.370 e. The standard InChI is InChI=1S/C23H24N4O5/c1-3-7-19-23(13-16-12-17(27(31)32)10-11-18(16)25(19)2)20(28)24-22(30)26(21(23)29)14-15-8-5-4-6-9-15/h4-6,8-12,19H,3,7,13-14H2,1-2H3,(H,24,28,30)/t19-,23-/m1/s1. The van der Waals surface area contributed by atoms with E-state index in [2.05, 4.69) is 5.32 Å². The second-order valence-electron chi connectivity index (χ2n) is 8.27. The Labute approximate surface area is 185 Å². The number of nitro benzene ring substituents is 1. The number of fused-ring (bicyclic) bond motifs is 1. The molecule has 166 valence electrons. The summed E-state index contributed by atoms with van der Waals surface area (Å²) in [6.07, 6.45) is 1.24. The number of nitro groups is 1. The molecule has 2 aliphatic heterocycles. The number of amides is 4. The van der Waals surface area contributed by atoms with Crippen LogP contribution >= 0.6 is 0 Å². The highest BCUT2D eigenvalue weighted by atomic mass is 16.6. The maximum absolute atomic E-state index is 13.9. The zero-order valence-corrected chi connectivity index (χ0v) is 17.9. The molecule has 0 bridgehead atoms. The monoisotopic (exact) mass is 436 g/mol. The predicted octanol–water partition coefficient (Wildman–Crippen LogP) is 3.02. The van der Waals surface area contributed by atoms with Crippen LogP contribution in [0, 0.1) is 15.5 Å². The predicted molar refractivity (Wildman–Crippen MR) is 117 cm³/mol. The van der Waals surface area contributed by atoms with Crippen LogP contribution in [-0.4, -0.2) is 40.8 Å². The van der Waals surface area contributed by atoms with Crippen LogP contribution in [0.5, 0.6) is 0 Å². The molecule has 9 heteroatoms. The van der Waals surface area contributed by atoms with Gasteiger partial charge in [0.2, 0.25) is 11.8 Å². The number of imide groups is 2. The SMILES string of the molecule is CCC[C@H]1N(C)c2ccc([N+](=O)[O-])cc2C[C@]12C(=O)NC(=O)N(Cc1ccccc1)C2=O. The summed E-state index contributed by atoms with van der Waals surface area (Å²) in [5, 5.41) is 13.7. The summed E-state index contributed by atoms with van der Waals surface area (Å²) in [5.41, 5.74) is 0.364. The van der Waals surface area contributed by atoms with Gasteiger partial charge < -0.3 is 4.90 Å². The lowest BCUT2D eigenvalue weighted by Crippen LogP contribution is -2.71. The van der Waals surface area contributed by atoms with Crippen molar-refractivity contribution < 1.29 is 19.3 Å². The normalized spacial score (nSPS) is 22.7. The average molecular weight is 436 g/mol. The molecule has 0 aromatic heterocycles. The highest BCUT2D eigenvalue weighted by molar-refractivity contribution is 6.20. The third kappa shape index (κ3) is 3.30. The second-order valence-corrected chi connectivity index (χ2v) is 8.27. The van der Waals surface area contributed by atoms with Gasteiger partial charge in [0.05, 0.1) is 17.5 Å². The fourth-order valence-corrected chi connectivity index (χ4v) is 4.87. The molecule has 0 aliphatic carbocycles. The van der Waals surface area contributed by atoms with Gasteiger partial charge in [0.25, 0.3) is 5.69 Å². The summed E-state index contributed by atoms with van der Waals surface area (Å²) in [6, 6.07) is 12.3. The van der Waals surface area contributed by atoms with Gasteiger partial charge in [-0.15, -0.1) is 0 Å². The fourth-order valence-electron chi connectivity index (χ4n) is 4.87. The van der Waals surface area contributed by atoms with Crippen molar-refractivity contribution >= 4 is 29.2 Å². The Hall–Kier alpha value is -3.75. The van der Waals surface area contributed by atoms with Gasteiger partial charge in [-0.2, -0.15) is 0 Å². The van der Waals surface area contributed by atoms with E-state index in [1.54, 1.807) is 25.2 Å². The zero-order valence-electron chi connectivity index (χ0n) is 17.9. The highest BCUT2D eigenvalue weighted by Gasteiger charge is 2.61. The number of carbonyl (C=O) groups excluding carboxylic acids is 3. The average Bonchev–Trinajstić information content (AvgIpc) is 2.78. The number of non-ortho nitro benzene ring substituents is 1. The molecule has 32 heavy (non-hydrogen) atoms. The molecule has 4 amide bonds. The molecular formula is C23H24N4O5. The number of hydrogen-bond acceptors (Lipinski definition) is 6. The number of hydrogen-bond donors (Lipinski definition) is 1. The first-order valence-electron chi connectivity index (χ1n) is 10.5. The molecule has 1 fully saturated rings. The van der Waals surface area contributed by atoms with Crippen LogP contribution in [0.2, 0.25) is 0 Å². The number of rotatable bonds is 5. The van der Waals surface area contributed by atoms with Crippen molar-refractivity contribution in [1.29, 1.82) is 0 Å². The van der Waals surface area contributed by atoms with Crippen LogP contribution in [-0.2, 0) is 22.6 Å². The van der Waals surface area contributed by atoms with Gasteiger partial charge in [-0.3, -0.25) is 29.9 Å². The van der Waals surface area contributed by atoms with Gasteiger partial charge in [-0.25, -0.2) is 4.79 Å². The van der Waals surface area contributed by atoms with Crippen molar-refractivity contribution in [3.05, 3.63) is 69.8 Å². The number of benzene rings is 2. The first-order valence-corrected chi connectivity index (χ1v) is 10.5. The minimum absolute atomic E-state index is 0.0117. The minimum Gasteiger partial charge on any atom is -0.370 e. The van der Waals surface area contributed by atoms with Crippen molar-refractivity contribution in [2.45, 2.75) is 38.8 Å². The number of nitrogens with one attached hydrogen (secondary N) is 1. The molecule has 2 atom stereocenters. The molecule has 2 aliphatic rings. The van der Waals surface area contributed by atoms with E-state index < -0.39 is 34.2 Å². The van der Waals surface area contributed by atoms with E-state index in [1.165, 1.54) is 12.1 Å². The van der Waals surface area contributed by atoms with E-state index in [0.29, 0.717) is 18.4 Å². The van der Waals surface area contributed by atoms with Crippen molar-refractivity contribution in [2.24, 2.45) is 5.41 Å². The first kappa shape index (κ1) is 21.5. The highest BCUT2D eigenvalue weighted by Crippen LogP contribution is 2.46. The lowest BCUT2D eigenvalue weighted by molar-refractivity contribution is -0.384. The third-order valence-electron chi connectivity index (χ3n) is 6.40. The smallest absolute Gasteiger partial charge is 0.331 e. The minimum atomic E-state index is -1.56.